The molecule has 0 spiro atoms. The van der Waals surface area contributed by atoms with Gasteiger partial charge < -0.3 is 39.2 Å². The Balaban J connectivity index is 1.44. The average molecular weight is 721 g/mol. The predicted octanol–water partition coefficient (Wildman–Crippen LogP) is 4.57. The van der Waals surface area contributed by atoms with Gasteiger partial charge in [0.1, 0.15) is 17.8 Å². The summed E-state index contributed by atoms with van der Waals surface area (Å²) in [6.07, 6.45) is 0.395. The maximum atomic E-state index is 14.6. The monoisotopic (exact) mass is 720 g/mol. The lowest BCUT2D eigenvalue weighted by Crippen LogP contribution is -2.59. The first-order valence-electron chi connectivity index (χ1n) is 17.4. The molecule has 2 aliphatic rings. The van der Waals surface area contributed by atoms with Gasteiger partial charge in [-0.3, -0.25) is 14.4 Å². The third kappa shape index (κ3) is 10.4. The number of amides is 3. The number of nitrogens with one attached hydrogen (secondary N) is 2. The van der Waals surface area contributed by atoms with E-state index in [2.05, 4.69) is 15.6 Å². The lowest BCUT2D eigenvalue weighted by molar-refractivity contribution is -0.167. The number of methoxy groups -OCH3 is 1. The molecule has 2 N–H and O–H groups in total. The van der Waals surface area contributed by atoms with Crippen LogP contribution in [0.25, 0.3) is 10.4 Å². The highest BCUT2D eigenvalue weighted by atomic mass is 32.1. The van der Waals surface area contributed by atoms with Gasteiger partial charge >= 0.3 is 0 Å². The minimum atomic E-state index is -1.93. The number of ether oxygens (including phenoxy) is 5. The standard InChI is InChI=1S/C36H53FN4O8S/c1-8-47-29(48-9-2)21-46-15-10-16-49-28-17-24(30-23(3)39-22-50-30)11-12-25(28)19-38-32(42)27-18-26(45-7)20-41(27)33(43)31(35(4,5)6)40-34(44)36(37)13-14-36/h11-12,17,22,26-27,29,31H,8-10,13-16,18-21H2,1-7H3,(H,38,42)(H,40,44)/t26-,27+,31-/m1/s1. The molecule has 0 bridgehead atoms. The maximum Gasteiger partial charge on any atom is 0.258 e. The Morgan fingerprint density at radius 3 is 2.46 bits per heavy atom. The Labute approximate surface area is 298 Å². The fourth-order valence-electron chi connectivity index (χ4n) is 5.77. The van der Waals surface area contributed by atoms with Crippen LogP contribution in [0.2, 0.25) is 0 Å². The molecule has 0 unspecified atom stereocenters. The number of nitrogens with zero attached hydrogens (tertiary/aromatic N) is 2. The number of carbonyl (C=O) groups excluding carboxylic acids is 3. The van der Waals surface area contributed by atoms with E-state index in [4.69, 9.17) is 23.7 Å². The highest BCUT2D eigenvalue weighted by molar-refractivity contribution is 7.13. The quantitative estimate of drug-likeness (QED) is 0.158. The van der Waals surface area contributed by atoms with Crippen molar-refractivity contribution in [3.8, 4) is 16.2 Å². The van der Waals surface area contributed by atoms with Crippen LogP contribution in [0.4, 0.5) is 4.39 Å². The van der Waals surface area contributed by atoms with Crippen molar-refractivity contribution >= 4 is 29.1 Å². The minimum Gasteiger partial charge on any atom is -0.493 e. The van der Waals surface area contributed by atoms with E-state index in [1.54, 1.807) is 26.3 Å². The van der Waals surface area contributed by atoms with E-state index < -0.39 is 41.3 Å². The van der Waals surface area contributed by atoms with Crippen LogP contribution in [-0.2, 0) is 39.9 Å². The summed E-state index contributed by atoms with van der Waals surface area (Å²) < 4.78 is 43.2. The van der Waals surface area contributed by atoms with E-state index in [1.807, 2.05) is 39.0 Å². The van der Waals surface area contributed by atoms with E-state index in [0.717, 1.165) is 21.7 Å². The zero-order valence-electron chi connectivity index (χ0n) is 30.3. The molecule has 50 heavy (non-hydrogen) atoms. The molecular weight excluding hydrogens is 667 g/mol. The number of aromatic nitrogens is 1. The second-order valence-corrected chi connectivity index (χ2v) is 14.6. The van der Waals surface area contributed by atoms with Gasteiger partial charge in [-0.05, 0) is 50.7 Å². The Bertz CT molecular complexity index is 1440. The molecule has 14 heteroatoms. The topological polar surface area (TPSA) is 138 Å². The molecule has 1 aliphatic heterocycles. The summed E-state index contributed by atoms with van der Waals surface area (Å²) in [6.45, 7) is 13.7. The number of thiazole rings is 1. The number of alkyl halides is 1. The average Bonchev–Trinajstić information content (AvgIpc) is 3.46. The second-order valence-electron chi connectivity index (χ2n) is 13.8. The van der Waals surface area contributed by atoms with E-state index >= 15 is 0 Å². The third-order valence-electron chi connectivity index (χ3n) is 8.84. The molecule has 278 valence electrons. The summed E-state index contributed by atoms with van der Waals surface area (Å²) in [7, 11) is 1.54. The van der Waals surface area contributed by atoms with Gasteiger partial charge in [-0.25, -0.2) is 9.37 Å². The van der Waals surface area contributed by atoms with Crippen molar-refractivity contribution in [2.45, 2.75) is 104 Å². The summed E-state index contributed by atoms with van der Waals surface area (Å²) in [4.78, 5) is 47.2. The first kappa shape index (κ1) is 39.6. The van der Waals surface area contributed by atoms with Crippen LogP contribution in [0.3, 0.4) is 0 Å². The van der Waals surface area contributed by atoms with Gasteiger partial charge in [0.2, 0.25) is 11.8 Å². The third-order valence-corrected chi connectivity index (χ3v) is 9.82. The number of likely N-dealkylation sites (tertiary alicyclic amines) is 1. The molecule has 1 saturated heterocycles. The van der Waals surface area contributed by atoms with Crippen molar-refractivity contribution in [2.24, 2.45) is 5.41 Å². The summed E-state index contributed by atoms with van der Waals surface area (Å²) >= 11 is 1.54. The first-order chi connectivity index (χ1) is 23.8. The number of benzene rings is 1. The molecule has 1 aliphatic carbocycles. The zero-order chi connectivity index (χ0) is 36.5. The predicted molar refractivity (Wildman–Crippen MR) is 187 cm³/mol. The number of hydrogen-bond acceptors (Lipinski definition) is 10. The largest absolute Gasteiger partial charge is 0.493 e. The Kier molecular flexibility index (Phi) is 14.1. The van der Waals surface area contributed by atoms with Crippen LogP contribution < -0.4 is 15.4 Å². The van der Waals surface area contributed by atoms with Crippen LogP contribution in [0.5, 0.6) is 5.75 Å². The fraction of sp³-hybridized carbons (Fsp3) is 0.667. The van der Waals surface area contributed by atoms with Crippen molar-refractivity contribution in [3.63, 3.8) is 0 Å². The number of carbonyl (C=O) groups is 3. The van der Waals surface area contributed by atoms with Crippen LogP contribution in [0.1, 0.15) is 71.6 Å². The first-order valence-corrected chi connectivity index (χ1v) is 18.3. The summed E-state index contributed by atoms with van der Waals surface area (Å²) in [5.74, 6) is -0.979. The molecule has 1 aromatic heterocycles. The Hall–Kier alpha value is -3.17. The second kappa shape index (κ2) is 17.9. The molecule has 2 heterocycles. The Morgan fingerprint density at radius 1 is 1.14 bits per heavy atom. The van der Waals surface area contributed by atoms with Crippen molar-refractivity contribution in [1.82, 2.24) is 20.5 Å². The van der Waals surface area contributed by atoms with E-state index in [0.29, 0.717) is 45.2 Å². The van der Waals surface area contributed by atoms with Crippen LogP contribution in [-0.4, -0.2) is 104 Å². The van der Waals surface area contributed by atoms with Gasteiger partial charge in [0.25, 0.3) is 5.91 Å². The van der Waals surface area contributed by atoms with Gasteiger partial charge in [-0.2, -0.15) is 0 Å². The molecule has 1 saturated carbocycles. The minimum absolute atomic E-state index is 0.137. The van der Waals surface area contributed by atoms with E-state index in [-0.39, 0.29) is 44.4 Å². The smallest absolute Gasteiger partial charge is 0.258 e. The summed E-state index contributed by atoms with van der Waals surface area (Å²) in [5, 5.41) is 5.64. The highest BCUT2D eigenvalue weighted by Crippen LogP contribution is 2.40. The number of hydrogen-bond donors (Lipinski definition) is 2. The number of aryl methyl sites for hydroxylation is 1. The van der Waals surface area contributed by atoms with Crippen molar-refractivity contribution < 1.29 is 42.5 Å². The molecule has 2 fully saturated rings. The lowest BCUT2D eigenvalue weighted by atomic mass is 9.85. The lowest BCUT2D eigenvalue weighted by Gasteiger charge is -2.35. The van der Waals surface area contributed by atoms with Crippen molar-refractivity contribution in [1.29, 1.82) is 0 Å². The summed E-state index contributed by atoms with van der Waals surface area (Å²) in [6, 6.07) is 3.97. The molecular formula is C36H53FN4O8S. The van der Waals surface area contributed by atoms with Crippen LogP contribution >= 0.6 is 11.3 Å². The summed E-state index contributed by atoms with van der Waals surface area (Å²) in [5.41, 5.74) is 1.76. The maximum absolute atomic E-state index is 14.6. The van der Waals surface area contributed by atoms with Crippen LogP contribution in [0, 0.1) is 12.3 Å². The fourth-order valence-corrected chi connectivity index (χ4v) is 6.57. The van der Waals surface area contributed by atoms with Crippen LogP contribution in [0.15, 0.2) is 23.7 Å². The Morgan fingerprint density at radius 2 is 1.86 bits per heavy atom. The number of halogens is 1. The molecule has 1 aromatic carbocycles. The van der Waals surface area contributed by atoms with Crippen molar-refractivity contribution in [2.75, 3.05) is 46.7 Å². The van der Waals surface area contributed by atoms with E-state index in [9.17, 15) is 18.8 Å². The SMILES string of the molecule is CCOC(COCCCOc1cc(-c2scnc2C)ccc1CNC(=O)[C@@H]1C[C@@H](OC)CN1C(=O)[C@@H](NC(=O)C1(F)CC1)C(C)(C)C)OCC. The van der Waals surface area contributed by atoms with Gasteiger partial charge in [0.05, 0.1) is 42.0 Å². The van der Waals surface area contributed by atoms with Crippen molar-refractivity contribution in [3.05, 3.63) is 35.0 Å². The molecule has 3 atom stereocenters. The zero-order valence-corrected chi connectivity index (χ0v) is 31.2. The highest BCUT2D eigenvalue weighted by Gasteiger charge is 2.53. The molecule has 0 radical (unpaired) electrons. The van der Waals surface area contributed by atoms with Gasteiger partial charge in [0, 0.05) is 51.8 Å². The number of rotatable bonds is 19. The van der Waals surface area contributed by atoms with Gasteiger partial charge in [0.15, 0.2) is 12.0 Å². The van der Waals surface area contributed by atoms with Gasteiger partial charge in [-0.1, -0.05) is 32.9 Å². The van der Waals surface area contributed by atoms with Gasteiger partial charge in [-0.15, -0.1) is 11.3 Å². The normalized spacial score (nSPS) is 19.0. The molecule has 12 nitrogen and oxygen atoms in total. The van der Waals surface area contributed by atoms with E-state index in [1.165, 1.54) is 23.3 Å². The molecule has 2 aromatic rings. The molecule has 3 amide bonds. The molecule has 4 rings (SSSR count).